The van der Waals surface area contributed by atoms with Gasteiger partial charge in [-0.25, -0.2) is 4.79 Å². The summed E-state index contributed by atoms with van der Waals surface area (Å²) in [6, 6.07) is 11.8. The summed E-state index contributed by atoms with van der Waals surface area (Å²) >= 11 is 0. The summed E-state index contributed by atoms with van der Waals surface area (Å²) in [6.45, 7) is 0.146. The standard InChI is InChI=1S/C30H38O12/c1-17(34)40-27-26(36)25(16-33)41-30(38)28(27)42-29(37)22(13-19-6-7-23(35)24(14-19)39-2)15-21(9-11-32)20-5-3-4-18(12-20)8-10-31/h3-7,12-14,21,25-28,30-33,35-36,38H,8-11,15-16H2,1-2H3/t21-,25-,26-,27-,28+,30+/m0/s1. The summed E-state index contributed by atoms with van der Waals surface area (Å²) < 4.78 is 21.1. The van der Waals surface area contributed by atoms with Crippen LogP contribution in [0.3, 0.4) is 0 Å². The van der Waals surface area contributed by atoms with Gasteiger partial charge in [0.05, 0.1) is 13.7 Å². The maximum absolute atomic E-state index is 13.7. The second kappa shape index (κ2) is 15.6. The molecule has 0 aliphatic carbocycles. The topological polar surface area (TPSA) is 192 Å². The number of aromatic hydroxyl groups is 1. The van der Waals surface area contributed by atoms with Crippen molar-refractivity contribution in [1.29, 1.82) is 0 Å². The molecule has 6 atom stereocenters. The number of phenolic OH excluding ortho intramolecular Hbond substituents is 1. The predicted molar refractivity (Wildman–Crippen MR) is 148 cm³/mol. The summed E-state index contributed by atoms with van der Waals surface area (Å²) in [5.74, 6) is -2.09. The van der Waals surface area contributed by atoms with Crippen LogP contribution in [-0.2, 0) is 30.2 Å². The predicted octanol–water partition coefficient (Wildman–Crippen LogP) is 0.789. The van der Waals surface area contributed by atoms with E-state index in [-0.39, 0.29) is 49.0 Å². The third kappa shape index (κ3) is 8.51. The van der Waals surface area contributed by atoms with E-state index in [0.717, 1.165) is 18.1 Å². The lowest BCUT2D eigenvalue weighted by atomic mass is 9.87. The quantitative estimate of drug-likeness (QED) is 0.142. The van der Waals surface area contributed by atoms with Crippen LogP contribution in [0.25, 0.3) is 6.08 Å². The molecule has 0 saturated carbocycles. The minimum atomic E-state index is -1.84. The molecular weight excluding hydrogens is 552 g/mol. The Labute approximate surface area is 243 Å². The zero-order chi connectivity index (χ0) is 30.8. The van der Waals surface area contributed by atoms with Crippen LogP contribution in [0.5, 0.6) is 11.5 Å². The lowest BCUT2D eigenvalue weighted by molar-refractivity contribution is -0.292. The van der Waals surface area contributed by atoms with Gasteiger partial charge in [-0.1, -0.05) is 30.3 Å². The molecule has 1 aliphatic rings. The SMILES string of the molecule is COc1cc(C=C(C[C@H](CCO)c2cccc(CCO)c2)C(=O)O[C@@H]2[C@@H](OC(C)=O)[C@@H](O)[C@H](CO)O[C@H]2O)ccc1O. The Kier molecular flexibility index (Phi) is 12.3. The molecule has 12 heteroatoms. The molecule has 0 unspecified atom stereocenters. The first-order valence-corrected chi connectivity index (χ1v) is 13.5. The molecular formula is C30H38O12. The van der Waals surface area contributed by atoms with Crippen LogP contribution >= 0.6 is 0 Å². The van der Waals surface area contributed by atoms with E-state index in [2.05, 4.69) is 0 Å². The number of rotatable bonds is 13. The van der Waals surface area contributed by atoms with Gasteiger partial charge in [0.25, 0.3) is 0 Å². The van der Waals surface area contributed by atoms with Crippen LogP contribution in [0.15, 0.2) is 48.0 Å². The molecule has 0 bridgehead atoms. The Hall–Kier alpha value is -3.52. The number of aliphatic hydroxyl groups is 5. The van der Waals surface area contributed by atoms with E-state index < -0.39 is 49.3 Å². The van der Waals surface area contributed by atoms with E-state index >= 15 is 0 Å². The molecule has 0 aromatic heterocycles. The van der Waals surface area contributed by atoms with Crippen molar-refractivity contribution in [2.45, 2.75) is 62.8 Å². The van der Waals surface area contributed by atoms with Crippen LogP contribution in [0.1, 0.15) is 42.4 Å². The number of ether oxygens (including phenoxy) is 4. The van der Waals surface area contributed by atoms with E-state index in [1.807, 2.05) is 24.3 Å². The van der Waals surface area contributed by atoms with E-state index in [9.17, 15) is 40.2 Å². The summed E-state index contributed by atoms with van der Waals surface area (Å²) in [5.41, 5.74) is 2.22. The van der Waals surface area contributed by atoms with Crippen molar-refractivity contribution in [3.05, 3.63) is 64.7 Å². The number of hydrogen-bond acceptors (Lipinski definition) is 12. The van der Waals surface area contributed by atoms with Gasteiger partial charge in [-0.15, -0.1) is 0 Å². The van der Waals surface area contributed by atoms with Gasteiger partial charge in [0.1, 0.15) is 12.2 Å². The monoisotopic (exact) mass is 590 g/mol. The highest BCUT2D eigenvalue weighted by Crippen LogP contribution is 2.33. The van der Waals surface area contributed by atoms with Crippen molar-refractivity contribution < 1.29 is 59.2 Å². The largest absolute Gasteiger partial charge is 0.504 e. The van der Waals surface area contributed by atoms with Gasteiger partial charge in [-0.05, 0) is 60.1 Å². The minimum absolute atomic E-state index is 0.0490. The first kappa shape index (κ1) is 33.0. The van der Waals surface area contributed by atoms with Crippen molar-refractivity contribution in [1.82, 2.24) is 0 Å². The Morgan fingerprint density at radius 2 is 1.79 bits per heavy atom. The molecule has 1 saturated heterocycles. The second-order valence-electron chi connectivity index (χ2n) is 9.92. The van der Waals surface area contributed by atoms with Gasteiger partial charge in [0.2, 0.25) is 0 Å². The molecule has 2 aromatic rings. The molecule has 0 spiro atoms. The smallest absolute Gasteiger partial charge is 0.334 e. The van der Waals surface area contributed by atoms with Crippen LogP contribution in [-0.4, -0.2) is 100 Å². The Morgan fingerprint density at radius 1 is 1.02 bits per heavy atom. The highest BCUT2D eigenvalue weighted by molar-refractivity contribution is 5.94. The molecule has 2 aromatic carbocycles. The van der Waals surface area contributed by atoms with Crippen molar-refractivity contribution >= 4 is 18.0 Å². The highest BCUT2D eigenvalue weighted by atomic mass is 16.7. The third-order valence-electron chi connectivity index (χ3n) is 6.94. The molecule has 0 radical (unpaired) electrons. The summed E-state index contributed by atoms with van der Waals surface area (Å²) in [4.78, 5) is 25.5. The van der Waals surface area contributed by atoms with Gasteiger partial charge < -0.3 is 49.6 Å². The highest BCUT2D eigenvalue weighted by Gasteiger charge is 2.49. The van der Waals surface area contributed by atoms with Gasteiger partial charge in [0, 0.05) is 25.7 Å². The molecule has 1 heterocycles. The number of carbonyl (C=O) groups excluding carboxylic acids is 2. The lowest BCUT2D eigenvalue weighted by Gasteiger charge is -2.41. The molecule has 42 heavy (non-hydrogen) atoms. The zero-order valence-corrected chi connectivity index (χ0v) is 23.5. The first-order chi connectivity index (χ1) is 20.1. The van der Waals surface area contributed by atoms with Crippen LogP contribution < -0.4 is 4.74 Å². The van der Waals surface area contributed by atoms with Gasteiger partial charge in [-0.2, -0.15) is 0 Å². The lowest BCUT2D eigenvalue weighted by Crippen LogP contribution is -2.61. The molecule has 0 amide bonds. The van der Waals surface area contributed by atoms with E-state index in [1.54, 1.807) is 6.07 Å². The molecule has 230 valence electrons. The van der Waals surface area contributed by atoms with Gasteiger partial charge in [0.15, 0.2) is 30.0 Å². The minimum Gasteiger partial charge on any atom is -0.504 e. The van der Waals surface area contributed by atoms with Crippen molar-refractivity contribution in [2.24, 2.45) is 0 Å². The Balaban J connectivity index is 2.01. The van der Waals surface area contributed by atoms with Crippen molar-refractivity contribution in [3.63, 3.8) is 0 Å². The van der Waals surface area contributed by atoms with Gasteiger partial charge in [-0.3, -0.25) is 4.79 Å². The second-order valence-corrected chi connectivity index (χ2v) is 9.92. The maximum Gasteiger partial charge on any atom is 0.334 e. The Morgan fingerprint density at radius 3 is 2.43 bits per heavy atom. The average molecular weight is 591 g/mol. The van der Waals surface area contributed by atoms with E-state index in [4.69, 9.17) is 18.9 Å². The summed E-state index contributed by atoms with van der Waals surface area (Å²) in [6.07, 6.45) is -5.67. The fourth-order valence-electron chi connectivity index (χ4n) is 4.84. The normalized spacial score (nSPS) is 23.2. The molecule has 1 aliphatic heterocycles. The molecule has 1 fully saturated rings. The van der Waals surface area contributed by atoms with Crippen LogP contribution in [0.4, 0.5) is 0 Å². The number of carbonyl (C=O) groups is 2. The fourth-order valence-corrected chi connectivity index (χ4v) is 4.84. The van der Waals surface area contributed by atoms with Crippen LogP contribution in [0.2, 0.25) is 0 Å². The average Bonchev–Trinajstić information content (AvgIpc) is 2.96. The number of phenols is 1. The van der Waals surface area contributed by atoms with Crippen molar-refractivity contribution in [3.8, 4) is 11.5 Å². The zero-order valence-electron chi connectivity index (χ0n) is 23.5. The van der Waals surface area contributed by atoms with E-state index in [1.165, 1.54) is 25.3 Å². The summed E-state index contributed by atoms with van der Waals surface area (Å²) in [5, 5.41) is 59.9. The van der Waals surface area contributed by atoms with Crippen LogP contribution in [0, 0.1) is 0 Å². The number of esters is 2. The van der Waals surface area contributed by atoms with E-state index in [0.29, 0.717) is 12.0 Å². The molecule has 3 rings (SSSR count). The molecule has 12 nitrogen and oxygen atoms in total. The molecule has 6 N–H and O–H groups in total. The fraction of sp³-hybridized carbons (Fsp3) is 0.467. The number of hydrogen-bond donors (Lipinski definition) is 6. The number of aliphatic hydroxyl groups excluding tert-OH is 5. The number of benzene rings is 2. The Bertz CT molecular complexity index is 1230. The first-order valence-electron chi connectivity index (χ1n) is 13.5. The van der Waals surface area contributed by atoms with Gasteiger partial charge >= 0.3 is 11.9 Å². The van der Waals surface area contributed by atoms with Crippen molar-refractivity contribution in [2.75, 3.05) is 26.9 Å². The maximum atomic E-state index is 13.7. The third-order valence-corrected chi connectivity index (χ3v) is 6.94. The number of methoxy groups -OCH3 is 1. The summed E-state index contributed by atoms with van der Waals surface area (Å²) in [7, 11) is 1.37.